The Bertz CT molecular complexity index is 846. The first-order valence-corrected chi connectivity index (χ1v) is 10.3. The second kappa shape index (κ2) is 7.53. The number of fused-ring (bicyclic) bond motifs is 2. The maximum absolute atomic E-state index is 11.8. The maximum Gasteiger partial charge on any atom is 0.303 e. The fourth-order valence-corrected chi connectivity index (χ4v) is 5.54. The molecule has 0 N–H and O–H groups in total. The first kappa shape index (κ1) is 18.3. The molecule has 2 aliphatic heterocycles. The molecule has 2 aromatic carbocycles. The molecule has 1 fully saturated rings. The number of carbonyl (C=O) groups excluding carboxylic acids is 1. The van der Waals surface area contributed by atoms with Crippen molar-refractivity contribution in [1.82, 2.24) is 4.90 Å². The highest BCUT2D eigenvalue weighted by Gasteiger charge is 2.48. The summed E-state index contributed by atoms with van der Waals surface area (Å²) in [5, 5.41) is 0.446. The topological polar surface area (TPSA) is 29.5 Å². The van der Waals surface area contributed by atoms with E-state index in [0.717, 1.165) is 17.6 Å². The van der Waals surface area contributed by atoms with Crippen molar-refractivity contribution in [2.75, 3.05) is 7.05 Å². The minimum absolute atomic E-state index is 0.210. The fraction of sp³-hybridized carbons (Fsp3) is 0.348. The van der Waals surface area contributed by atoms with E-state index in [1.807, 2.05) is 30.0 Å². The quantitative estimate of drug-likeness (QED) is 0.729. The first-order valence-electron chi connectivity index (χ1n) is 9.42. The van der Waals surface area contributed by atoms with Gasteiger partial charge >= 0.3 is 5.97 Å². The fourth-order valence-electron chi connectivity index (χ4n) is 4.20. The number of nitrogens with zero attached hydrogens (tertiary/aromatic N) is 1. The van der Waals surface area contributed by atoms with Gasteiger partial charge in [-0.05, 0) is 43.7 Å². The molecule has 2 aromatic rings. The number of hydrogen-bond donors (Lipinski definition) is 0. The number of esters is 1. The van der Waals surface area contributed by atoms with Gasteiger partial charge in [0.05, 0.1) is 6.04 Å². The monoisotopic (exact) mass is 379 g/mol. The van der Waals surface area contributed by atoms with Gasteiger partial charge in [0.2, 0.25) is 0 Å². The molecule has 4 atom stereocenters. The number of rotatable bonds is 4. The molecule has 1 saturated heterocycles. The molecule has 27 heavy (non-hydrogen) atoms. The van der Waals surface area contributed by atoms with Crippen LogP contribution in [0.15, 0.2) is 65.6 Å². The zero-order valence-electron chi connectivity index (χ0n) is 16.0. The average Bonchev–Trinajstić information content (AvgIpc) is 2.86. The van der Waals surface area contributed by atoms with E-state index in [1.54, 1.807) is 0 Å². The minimum atomic E-state index is -0.219. The molecule has 2 heterocycles. The van der Waals surface area contributed by atoms with Crippen LogP contribution in [0.2, 0.25) is 0 Å². The van der Waals surface area contributed by atoms with Crippen LogP contribution in [0.3, 0.4) is 0 Å². The lowest BCUT2D eigenvalue weighted by Crippen LogP contribution is -2.46. The van der Waals surface area contributed by atoms with Gasteiger partial charge in [0, 0.05) is 23.1 Å². The normalized spacial score (nSPS) is 27.3. The summed E-state index contributed by atoms with van der Waals surface area (Å²) >= 11 is 1.93. The second-order valence-corrected chi connectivity index (χ2v) is 8.76. The van der Waals surface area contributed by atoms with Gasteiger partial charge in [-0.1, -0.05) is 54.1 Å². The van der Waals surface area contributed by atoms with Gasteiger partial charge in [-0.3, -0.25) is 9.69 Å². The molecule has 3 nitrogen and oxygen atoms in total. The Labute approximate surface area is 165 Å². The Hall–Kier alpha value is -2.04. The third-order valence-electron chi connectivity index (χ3n) is 5.56. The van der Waals surface area contributed by atoms with Gasteiger partial charge < -0.3 is 4.74 Å². The van der Waals surface area contributed by atoms with Crippen LogP contribution in [0.4, 0.5) is 0 Å². The third-order valence-corrected chi connectivity index (χ3v) is 6.88. The second-order valence-electron chi connectivity index (χ2n) is 7.45. The molecule has 0 aliphatic carbocycles. The smallest absolute Gasteiger partial charge is 0.303 e. The van der Waals surface area contributed by atoms with Gasteiger partial charge in [0.25, 0.3) is 0 Å². The first-order chi connectivity index (χ1) is 13.0. The van der Waals surface area contributed by atoms with Crippen molar-refractivity contribution in [1.29, 1.82) is 0 Å². The van der Waals surface area contributed by atoms with Crippen LogP contribution < -0.4 is 0 Å². The van der Waals surface area contributed by atoms with E-state index < -0.39 is 0 Å². The minimum Gasteiger partial charge on any atom is -0.456 e. The van der Waals surface area contributed by atoms with Crippen molar-refractivity contribution in [2.45, 2.75) is 48.6 Å². The molecule has 2 bridgehead atoms. The van der Waals surface area contributed by atoms with Crippen molar-refractivity contribution >= 4 is 23.3 Å². The Morgan fingerprint density at radius 2 is 1.81 bits per heavy atom. The van der Waals surface area contributed by atoms with Gasteiger partial charge in [-0.2, -0.15) is 0 Å². The van der Waals surface area contributed by atoms with E-state index in [1.165, 1.54) is 17.4 Å². The number of ether oxygens (including phenoxy) is 1. The molecule has 4 rings (SSSR count). The molecule has 4 heteroatoms. The van der Waals surface area contributed by atoms with Crippen LogP contribution >= 0.6 is 11.8 Å². The highest BCUT2D eigenvalue weighted by Crippen LogP contribution is 2.45. The van der Waals surface area contributed by atoms with Crippen molar-refractivity contribution in [3.05, 3.63) is 71.8 Å². The highest BCUT2D eigenvalue weighted by atomic mass is 32.2. The van der Waals surface area contributed by atoms with Crippen molar-refractivity contribution < 1.29 is 9.53 Å². The SMILES string of the molecule is CC(=O)O[C@H]1C(c2ccccc2)=C[C@H]2[C@H](Sc3ccc(C)cc3)C[C@@H]1N2C. The molecule has 0 amide bonds. The van der Waals surface area contributed by atoms with Crippen LogP contribution in [-0.2, 0) is 9.53 Å². The van der Waals surface area contributed by atoms with Crippen LogP contribution in [0, 0.1) is 6.92 Å². The van der Waals surface area contributed by atoms with E-state index >= 15 is 0 Å². The summed E-state index contributed by atoms with van der Waals surface area (Å²) in [6.07, 6.45) is 3.11. The summed E-state index contributed by atoms with van der Waals surface area (Å²) in [6.45, 7) is 3.62. The summed E-state index contributed by atoms with van der Waals surface area (Å²) < 4.78 is 5.81. The summed E-state index contributed by atoms with van der Waals surface area (Å²) in [7, 11) is 2.15. The lowest BCUT2D eigenvalue weighted by molar-refractivity contribution is -0.146. The number of hydrogen-bond acceptors (Lipinski definition) is 4. The molecular weight excluding hydrogens is 354 g/mol. The number of thioether (sulfide) groups is 1. The van der Waals surface area contributed by atoms with Gasteiger partial charge in [-0.25, -0.2) is 0 Å². The molecule has 0 spiro atoms. The number of benzene rings is 2. The molecule has 0 unspecified atom stereocenters. The molecule has 0 saturated carbocycles. The lowest BCUT2D eigenvalue weighted by atomic mass is 9.92. The Kier molecular flexibility index (Phi) is 5.11. The largest absolute Gasteiger partial charge is 0.456 e. The standard InChI is InChI=1S/C23H25NO2S/c1-15-9-11-18(12-10-15)27-22-14-21-23(26-16(2)25)19(13-20(22)24(21)3)17-7-5-4-6-8-17/h4-13,20-23H,14H2,1-3H3/t20-,21-,22+,23-/m0/s1. The number of carbonyl (C=O) groups is 1. The number of aryl methyl sites for hydroxylation is 1. The molecule has 2 aliphatic rings. The molecule has 0 aromatic heterocycles. The van der Waals surface area contributed by atoms with Crippen LogP contribution in [0.5, 0.6) is 0 Å². The average molecular weight is 380 g/mol. The summed E-state index contributed by atoms with van der Waals surface area (Å²) in [4.78, 5) is 15.5. The predicted octanol–water partition coefficient (Wildman–Crippen LogP) is 4.56. The summed E-state index contributed by atoms with van der Waals surface area (Å²) in [6, 6.07) is 19.6. The van der Waals surface area contributed by atoms with Crippen LogP contribution in [0.1, 0.15) is 24.5 Å². The molecule has 140 valence electrons. The Morgan fingerprint density at radius 1 is 1.11 bits per heavy atom. The van der Waals surface area contributed by atoms with Crippen LogP contribution in [0.25, 0.3) is 5.57 Å². The maximum atomic E-state index is 11.8. The van der Waals surface area contributed by atoms with Gasteiger partial charge in [0.1, 0.15) is 6.10 Å². The Morgan fingerprint density at radius 3 is 2.48 bits per heavy atom. The zero-order valence-corrected chi connectivity index (χ0v) is 16.8. The third kappa shape index (κ3) is 3.69. The van der Waals surface area contributed by atoms with Crippen molar-refractivity contribution in [3.63, 3.8) is 0 Å². The molecular formula is C23H25NO2S. The van der Waals surface area contributed by atoms with Gasteiger partial charge in [-0.15, -0.1) is 11.8 Å². The highest BCUT2D eigenvalue weighted by molar-refractivity contribution is 8.00. The van der Waals surface area contributed by atoms with E-state index in [2.05, 4.69) is 61.3 Å². The lowest BCUT2D eigenvalue weighted by Gasteiger charge is -2.37. The van der Waals surface area contributed by atoms with Crippen molar-refractivity contribution in [2.24, 2.45) is 0 Å². The summed E-state index contributed by atoms with van der Waals surface area (Å²) in [5.41, 5.74) is 3.57. The van der Waals surface area contributed by atoms with Gasteiger partial charge in [0.15, 0.2) is 0 Å². The number of likely N-dealkylation sites (N-methyl/N-ethyl adjacent to an activating group) is 1. The van der Waals surface area contributed by atoms with Crippen LogP contribution in [-0.4, -0.2) is 41.4 Å². The zero-order chi connectivity index (χ0) is 19.0. The van der Waals surface area contributed by atoms with Crippen molar-refractivity contribution in [3.8, 4) is 0 Å². The summed E-state index contributed by atoms with van der Waals surface area (Å²) in [5.74, 6) is -0.219. The van der Waals surface area contributed by atoms with E-state index in [0.29, 0.717) is 11.3 Å². The predicted molar refractivity (Wildman–Crippen MR) is 111 cm³/mol. The van der Waals surface area contributed by atoms with E-state index in [-0.39, 0.29) is 18.1 Å². The molecule has 0 radical (unpaired) electrons. The Balaban J connectivity index is 1.66. The van der Waals surface area contributed by atoms with E-state index in [9.17, 15) is 4.79 Å². The van der Waals surface area contributed by atoms with E-state index in [4.69, 9.17) is 4.74 Å².